The lowest BCUT2D eigenvalue weighted by atomic mass is 9.85. The van der Waals surface area contributed by atoms with E-state index in [9.17, 15) is 8.78 Å². The Morgan fingerprint density at radius 2 is 2.17 bits per heavy atom. The number of hydrogen-bond donors (Lipinski definition) is 1. The normalized spacial score (nSPS) is 23.6. The van der Waals surface area contributed by atoms with Crippen LogP contribution in [0.3, 0.4) is 0 Å². The van der Waals surface area contributed by atoms with E-state index in [1.54, 1.807) is 0 Å². The van der Waals surface area contributed by atoms with Gasteiger partial charge in [0, 0.05) is 11.1 Å². The summed E-state index contributed by atoms with van der Waals surface area (Å²) in [6.07, 6.45) is 4.48. The lowest BCUT2D eigenvalue weighted by Crippen LogP contribution is -2.42. The summed E-state index contributed by atoms with van der Waals surface area (Å²) in [5, 5.41) is 3.44. The van der Waals surface area contributed by atoms with Gasteiger partial charge in [0.1, 0.15) is 11.6 Å². The van der Waals surface area contributed by atoms with Crippen LogP contribution < -0.4 is 5.32 Å². The van der Waals surface area contributed by atoms with Crippen molar-refractivity contribution >= 4 is 15.9 Å². The van der Waals surface area contributed by atoms with E-state index >= 15 is 0 Å². The maximum Gasteiger partial charge on any atom is 0.143 e. The standard InChI is InChI=1S/C14H18BrF2N/c1-2-6-14(7-3-8-18-14)9-10-12(16)5-4-11(15)13(10)17/h4-5,18H,2-3,6-9H2,1H3. The topological polar surface area (TPSA) is 12.0 Å². The van der Waals surface area contributed by atoms with Crippen LogP contribution in [-0.4, -0.2) is 12.1 Å². The van der Waals surface area contributed by atoms with E-state index in [2.05, 4.69) is 28.2 Å². The molecule has 2 rings (SSSR count). The van der Waals surface area contributed by atoms with Crippen LogP contribution in [0, 0.1) is 11.6 Å². The second-order valence-corrected chi connectivity index (χ2v) is 5.91. The molecule has 0 saturated carbocycles. The molecule has 4 heteroatoms. The minimum absolute atomic E-state index is 0.128. The summed E-state index contributed by atoms with van der Waals surface area (Å²) in [6.45, 7) is 3.05. The Balaban J connectivity index is 2.29. The molecule has 1 aromatic rings. The molecule has 0 radical (unpaired) electrons. The molecule has 1 fully saturated rings. The highest BCUT2D eigenvalue weighted by Gasteiger charge is 2.34. The van der Waals surface area contributed by atoms with Crippen LogP contribution in [0.4, 0.5) is 8.78 Å². The van der Waals surface area contributed by atoms with Gasteiger partial charge < -0.3 is 5.32 Å². The second-order valence-electron chi connectivity index (χ2n) is 5.06. The molecule has 1 nitrogen and oxygen atoms in total. The third-order valence-corrected chi connectivity index (χ3v) is 4.33. The van der Waals surface area contributed by atoms with E-state index in [4.69, 9.17) is 0 Å². The zero-order valence-electron chi connectivity index (χ0n) is 10.5. The second kappa shape index (κ2) is 5.66. The van der Waals surface area contributed by atoms with Crippen molar-refractivity contribution in [3.63, 3.8) is 0 Å². The van der Waals surface area contributed by atoms with Crippen molar-refractivity contribution in [3.8, 4) is 0 Å². The van der Waals surface area contributed by atoms with E-state index in [1.165, 1.54) is 12.1 Å². The first-order valence-corrected chi connectivity index (χ1v) is 7.25. The molecular weight excluding hydrogens is 300 g/mol. The Kier molecular flexibility index (Phi) is 4.38. The molecule has 1 saturated heterocycles. The van der Waals surface area contributed by atoms with Crippen LogP contribution in [0.15, 0.2) is 16.6 Å². The highest BCUT2D eigenvalue weighted by Crippen LogP contribution is 2.32. The molecule has 1 aliphatic heterocycles. The minimum atomic E-state index is -0.459. The maximum atomic E-state index is 14.0. The molecule has 1 aliphatic rings. The van der Waals surface area contributed by atoms with Gasteiger partial charge in [-0.1, -0.05) is 13.3 Å². The van der Waals surface area contributed by atoms with Gasteiger partial charge in [-0.3, -0.25) is 0 Å². The summed E-state index contributed by atoms with van der Waals surface area (Å²) >= 11 is 3.12. The first-order valence-electron chi connectivity index (χ1n) is 6.45. The molecule has 1 heterocycles. The van der Waals surface area contributed by atoms with E-state index in [-0.39, 0.29) is 11.1 Å². The van der Waals surface area contributed by atoms with Gasteiger partial charge in [-0.05, 0) is 60.3 Å². The molecule has 0 bridgehead atoms. The largest absolute Gasteiger partial charge is 0.311 e. The maximum absolute atomic E-state index is 14.0. The summed E-state index contributed by atoms with van der Waals surface area (Å²) in [5.74, 6) is -0.904. The third kappa shape index (κ3) is 2.75. The van der Waals surface area contributed by atoms with Crippen molar-refractivity contribution in [2.24, 2.45) is 0 Å². The van der Waals surface area contributed by atoms with Crippen LogP contribution in [-0.2, 0) is 6.42 Å². The van der Waals surface area contributed by atoms with Gasteiger partial charge >= 0.3 is 0 Å². The average molecular weight is 318 g/mol. The zero-order valence-corrected chi connectivity index (χ0v) is 12.1. The Morgan fingerprint density at radius 3 is 2.78 bits per heavy atom. The van der Waals surface area contributed by atoms with Crippen molar-refractivity contribution in [3.05, 3.63) is 33.8 Å². The van der Waals surface area contributed by atoms with Crippen molar-refractivity contribution < 1.29 is 8.78 Å². The van der Waals surface area contributed by atoms with E-state index in [1.807, 2.05) is 0 Å². The molecule has 1 N–H and O–H groups in total. The molecule has 0 spiro atoms. The summed E-state index contributed by atoms with van der Waals surface area (Å²) in [4.78, 5) is 0. The Labute approximate surface area is 115 Å². The first kappa shape index (κ1) is 13.9. The van der Waals surface area contributed by atoms with Gasteiger partial charge in [-0.2, -0.15) is 0 Å². The molecule has 0 aromatic heterocycles. The molecule has 1 aromatic carbocycles. The highest BCUT2D eigenvalue weighted by atomic mass is 79.9. The van der Waals surface area contributed by atoms with E-state index < -0.39 is 11.6 Å². The fourth-order valence-electron chi connectivity index (χ4n) is 2.87. The Morgan fingerprint density at radius 1 is 1.39 bits per heavy atom. The molecule has 1 atom stereocenters. The predicted octanol–water partition coefficient (Wildman–Crippen LogP) is 4.19. The van der Waals surface area contributed by atoms with E-state index in [0.29, 0.717) is 10.9 Å². The number of nitrogens with one attached hydrogen (secondary N) is 1. The zero-order chi connectivity index (χ0) is 13.2. The summed E-state index contributed by atoms with van der Waals surface area (Å²) < 4.78 is 28.2. The fraction of sp³-hybridized carbons (Fsp3) is 0.571. The van der Waals surface area contributed by atoms with Crippen LogP contribution >= 0.6 is 15.9 Å². The number of rotatable bonds is 4. The summed E-state index contributed by atoms with van der Waals surface area (Å²) in [7, 11) is 0. The number of halogens is 3. The molecule has 0 aliphatic carbocycles. The Hall–Kier alpha value is -0.480. The summed E-state index contributed by atoms with van der Waals surface area (Å²) in [5.41, 5.74) is 0.0734. The van der Waals surface area contributed by atoms with Gasteiger partial charge in [0.25, 0.3) is 0 Å². The van der Waals surface area contributed by atoms with Crippen molar-refractivity contribution in [2.45, 2.75) is 44.6 Å². The number of benzene rings is 1. The Bertz CT molecular complexity index is 428. The molecule has 1 unspecified atom stereocenters. The molecule has 100 valence electrons. The van der Waals surface area contributed by atoms with Crippen LogP contribution in [0.1, 0.15) is 38.2 Å². The fourth-order valence-corrected chi connectivity index (χ4v) is 3.24. The van der Waals surface area contributed by atoms with Gasteiger partial charge in [0.15, 0.2) is 0 Å². The summed E-state index contributed by atoms with van der Waals surface area (Å²) in [6, 6.07) is 2.75. The lowest BCUT2D eigenvalue weighted by Gasteiger charge is -2.30. The smallest absolute Gasteiger partial charge is 0.143 e. The van der Waals surface area contributed by atoms with Gasteiger partial charge in [-0.25, -0.2) is 8.78 Å². The van der Waals surface area contributed by atoms with Gasteiger partial charge in [-0.15, -0.1) is 0 Å². The SMILES string of the molecule is CCCC1(Cc2c(F)ccc(Br)c2F)CCCN1. The molecule has 18 heavy (non-hydrogen) atoms. The first-order chi connectivity index (χ1) is 8.58. The van der Waals surface area contributed by atoms with Crippen LogP contribution in [0.2, 0.25) is 0 Å². The van der Waals surface area contributed by atoms with Crippen LogP contribution in [0.5, 0.6) is 0 Å². The molecule has 0 amide bonds. The monoisotopic (exact) mass is 317 g/mol. The number of hydrogen-bond acceptors (Lipinski definition) is 1. The van der Waals surface area contributed by atoms with Crippen molar-refractivity contribution in [1.82, 2.24) is 5.32 Å². The lowest BCUT2D eigenvalue weighted by molar-refractivity contribution is 0.332. The highest BCUT2D eigenvalue weighted by molar-refractivity contribution is 9.10. The van der Waals surface area contributed by atoms with Crippen LogP contribution in [0.25, 0.3) is 0 Å². The third-order valence-electron chi connectivity index (χ3n) is 3.71. The minimum Gasteiger partial charge on any atom is -0.311 e. The van der Waals surface area contributed by atoms with E-state index in [0.717, 1.165) is 32.2 Å². The van der Waals surface area contributed by atoms with Crippen molar-refractivity contribution in [2.75, 3.05) is 6.54 Å². The molecular formula is C14H18BrF2N. The average Bonchev–Trinajstić information content (AvgIpc) is 2.79. The van der Waals surface area contributed by atoms with Crippen molar-refractivity contribution in [1.29, 1.82) is 0 Å². The quantitative estimate of drug-likeness (QED) is 0.821. The van der Waals surface area contributed by atoms with Gasteiger partial charge in [0.2, 0.25) is 0 Å². The predicted molar refractivity (Wildman–Crippen MR) is 72.6 cm³/mol. The van der Waals surface area contributed by atoms with Gasteiger partial charge in [0.05, 0.1) is 4.47 Å².